The zero-order valence-electron chi connectivity index (χ0n) is 11.1. The summed E-state index contributed by atoms with van der Waals surface area (Å²) in [6.07, 6.45) is -4.33. The molecule has 1 aliphatic rings. The van der Waals surface area contributed by atoms with Gasteiger partial charge in [-0.3, -0.25) is 0 Å². The van der Waals surface area contributed by atoms with Crippen LogP contribution in [0.15, 0.2) is 16.6 Å². The van der Waals surface area contributed by atoms with E-state index < -0.39 is 29.3 Å². The Kier molecular flexibility index (Phi) is 4.63. The summed E-state index contributed by atoms with van der Waals surface area (Å²) >= 11 is 2.97. The molecule has 2 N–H and O–H groups in total. The van der Waals surface area contributed by atoms with Crippen LogP contribution in [0.2, 0.25) is 0 Å². The summed E-state index contributed by atoms with van der Waals surface area (Å²) in [6.45, 7) is 0. The van der Waals surface area contributed by atoms with Crippen molar-refractivity contribution in [1.29, 1.82) is 0 Å². The van der Waals surface area contributed by atoms with Crippen LogP contribution in [-0.4, -0.2) is 11.7 Å². The minimum Gasteiger partial charge on any atom is -0.325 e. The minimum atomic E-state index is -4.23. The number of hydrogen-bond acceptors (Lipinski definition) is 1. The molecule has 0 saturated heterocycles. The molecule has 0 spiro atoms. The van der Waals surface area contributed by atoms with Gasteiger partial charge in [0.15, 0.2) is 0 Å². The Morgan fingerprint density at radius 2 is 1.76 bits per heavy atom. The van der Waals surface area contributed by atoms with Gasteiger partial charge < -0.3 is 5.73 Å². The van der Waals surface area contributed by atoms with E-state index in [2.05, 4.69) is 15.9 Å². The first-order valence-corrected chi connectivity index (χ1v) is 7.40. The van der Waals surface area contributed by atoms with Gasteiger partial charge in [-0.25, -0.2) is 8.78 Å². The van der Waals surface area contributed by atoms with Gasteiger partial charge in [-0.05, 0) is 60.2 Å². The molecule has 1 fully saturated rings. The first kappa shape index (κ1) is 16.7. The molecule has 21 heavy (non-hydrogen) atoms. The van der Waals surface area contributed by atoms with Crippen LogP contribution < -0.4 is 5.73 Å². The van der Waals surface area contributed by atoms with Crippen LogP contribution in [0, 0.1) is 17.6 Å². The van der Waals surface area contributed by atoms with E-state index in [0.29, 0.717) is 0 Å². The third kappa shape index (κ3) is 3.74. The van der Waals surface area contributed by atoms with E-state index in [1.54, 1.807) is 0 Å². The van der Waals surface area contributed by atoms with Gasteiger partial charge >= 0.3 is 6.18 Å². The SMILES string of the molecule is NC1(Cc2c(F)ccc(Br)c2F)CCC(C(F)(F)F)CC1. The molecule has 118 valence electrons. The van der Waals surface area contributed by atoms with Gasteiger partial charge in [0, 0.05) is 11.1 Å². The summed E-state index contributed by atoms with van der Waals surface area (Å²) in [4.78, 5) is 0. The second-order valence-electron chi connectivity index (χ2n) is 5.68. The molecule has 0 amide bonds. The molecule has 1 aliphatic carbocycles. The van der Waals surface area contributed by atoms with Crippen LogP contribution in [0.3, 0.4) is 0 Å². The van der Waals surface area contributed by atoms with Crippen LogP contribution in [0.4, 0.5) is 22.0 Å². The fourth-order valence-corrected chi connectivity index (χ4v) is 3.15. The number of hydrogen-bond donors (Lipinski definition) is 1. The maximum atomic E-state index is 13.9. The Morgan fingerprint density at radius 1 is 1.19 bits per heavy atom. The van der Waals surface area contributed by atoms with E-state index in [4.69, 9.17) is 5.73 Å². The smallest absolute Gasteiger partial charge is 0.325 e. The van der Waals surface area contributed by atoms with Crippen molar-refractivity contribution in [2.45, 2.75) is 43.8 Å². The van der Waals surface area contributed by atoms with Gasteiger partial charge in [0.05, 0.1) is 10.4 Å². The van der Waals surface area contributed by atoms with Gasteiger partial charge in [-0.2, -0.15) is 13.2 Å². The maximum absolute atomic E-state index is 13.9. The third-order valence-corrected chi connectivity index (χ3v) is 4.72. The first-order chi connectivity index (χ1) is 9.62. The van der Waals surface area contributed by atoms with Gasteiger partial charge in [0.25, 0.3) is 0 Å². The monoisotopic (exact) mass is 371 g/mol. The second-order valence-corrected chi connectivity index (χ2v) is 6.53. The largest absolute Gasteiger partial charge is 0.391 e. The quantitative estimate of drug-likeness (QED) is 0.590. The topological polar surface area (TPSA) is 26.0 Å². The lowest BCUT2D eigenvalue weighted by Gasteiger charge is -2.38. The molecule has 2 rings (SSSR count). The minimum absolute atomic E-state index is 0.0998. The molecule has 1 nitrogen and oxygen atoms in total. The lowest BCUT2D eigenvalue weighted by Crippen LogP contribution is -2.47. The molecule has 1 aromatic rings. The predicted molar refractivity (Wildman–Crippen MR) is 72.7 cm³/mol. The van der Waals surface area contributed by atoms with Crippen LogP contribution in [0.25, 0.3) is 0 Å². The fraction of sp³-hybridized carbons (Fsp3) is 0.571. The van der Waals surface area contributed by atoms with E-state index in [1.807, 2.05) is 0 Å². The van der Waals surface area contributed by atoms with Gasteiger partial charge in [0.2, 0.25) is 0 Å². The van der Waals surface area contributed by atoms with Crippen molar-refractivity contribution in [3.8, 4) is 0 Å². The standard InChI is InChI=1S/C14H15BrF5N/c15-10-1-2-11(16)9(12(10)17)7-13(21)5-3-8(4-6-13)14(18,19)20/h1-2,8H,3-7,21H2. The van der Waals surface area contributed by atoms with E-state index >= 15 is 0 Å². The van der Waals surface area contributed by atoms with Gasteiger partial charge in [-0.15, -0.1) is 0 Å². The highest BCUT2D eigenvalue weighted by atomic mass is 79.9. The molecule has 1 aromatic carbocycles. The number of benzene rings is 1. The fourth-order valence-electron chi connectivity index (χ4n) is 2.78. The number of alkyl halides is 3. The Labute approximate surface area is 127 Å². The van der Waals surface area contributed by atoms with Crippen molar-refractivity contribution < 1.29 is 22.0 Å². The molecule has 0 aromatic heterocycles. The van der Waals surface area contributed by atoms with Gasteiger partial charge in [-0.1, -0.05) is 0 Å². The van der Waals surface area contributed by atoms with Crippen molar-refractivity contribution in [3.05, 3.63) is 33.8 Å². The molecule has 7 heteroatoms. The average molecular weight is 372 g/mol. The van der Waals surface area contributed by atoms with Crippen molar-refractivity contribution in [3.63, 3.8) is 0 Å². The normalized spacial score (nSPS) is 26.9. The summed E-state index contributed by atoms with van der Waals surface area (Å²) in [7, 11) is 0. The molecular weight excluding hydrogens is 357 g/mol. The lowest BCUT2D eigenvalue weighted by atomic mass is 9.74. The summed E-state index contributed by atoms with van der Waals surface area (Å²) in [5.74, 6) is -2.83. The van der Waals surface area contributed by atoms with E-state index in [1.165, 1.54) is 6.07 Å². The maximum Gasteiger partial charge on any atom is 0.391 e. The summed E-state index contributed by atoms with van der Waals surface area (Å²) in [6, 6.07) is 2.37. The molecular formula is C14H15BrF5N. The third-order valence-electron chi connectivity index (χ3n) is 4.11. The molecule has 0 heterocycles. The molecule has 0 atom stereocenters. The van der Waals surface area contributed by atoms with Crippen molar-refractivity contribution in [1.82, 2.24) is 0 Å². The Hall–Kier alpha value is -0.690. The zero-order chi connectivity index (χ0) is 15.8. The number of rotatable bonds is 2. The highest BCUT2D eigenvalue weighted by molar-refractivity contribution is 9.10. The molecule has 0 aliphatic heterocycles. The summed E-state index contributed by atoms with van der Waals surface area (Å²) in [5, 5.41) is 0. The van der Waals surface area contributed by atoms with Gasteiger partial charge in [0.1, 0.15) is 11.6 Å². The predicted octanol–water partition coefficient (Wildman–Crippen LogP) is 4.72. The van der Waals surface area contributed by atoms with Crippen LogP contribution >= 0.6 is 15.9 Å². The van der Waals surface area contributed by atoms with E-state index in [-0.39, 0.29) is 42.1 Å². The number of halogens is 6. The average Bonchev–Trinajstić information content (AvgIpc) is 2.39. The van der Waals surface area contributed by atoms with Crippen molar-refractivity contribution in [2.75, 3.05) is 0 Å². The first-order valence-electron chi connectivity index (χ1n) is 6.60. The van der Waals surface area contributed by atoms with Crippen molar-refractivity contribution >= 4 is 15.9 Å². The van der Waals surface area contributed by atoms with E-state index in [0.717, 1.165) is 6.07 Å². The molecule has 1 saturated carbocycles. The van der Waals surface area contributed by atoms with Crippen LogP contribution in [-0.2, 0) is 6.42 Å². The number of nitrogens with two attached hydrogens (primary N) is 1. The van der Waals surface area contributed by atoms with Crippen molar-refractivity contribution in [2.24, 2.45) is 11.7 Å². The van der Waals surface area contributed by atoms with Crippen LogP contribution in [0.5, 0.6) is 0 Å². The molecule has 0 unspecified atom stereocenters. The Balaban J connectivity index is 2.13. The zero-order valence-corrected chi connectivity index (χ0v) is 12.7. The molecule has 0 bridgehead atoms. The lowest BCUT2D eigenvalue weighted by molar-refractivity contribution is -0.184. The Bertz CT molecular complexity index is 521. The second kappa shape index (κ2) is 5.83. The molecule has 0 radical (unpaired) electrons. The summed E-state index contributed by atoms with van der Waals surface area (Å²) in [5.41, 5.74) is 4.90. The highest BCUT2D eigenvalue weighted by Crippen LogP contribution is 2.41. The Morgan fingerprint density at radius 3 is 2.29 bits per heavy atom. The summed E-state index contributed by atoms with van der Waals surface area (Å²) < 4.78 is 65.7. The van der Waals surface area contributed by atoms with E-state index in [9.17, 15) is 22.0 Å². The highest BCUT2D eigenvalue weighted by Gasteiger charge is 2.44. The van der Waals surface area contributed by atoms with Crippen LogP contribution in [0.1, 0.15) is 31.2 Å².